The van der Waals surface area contributed by atoms with Crippen molar-refractivity contribution in [2.24, 2.45) is 5.92 Å². The van der Waals surface area contributed by atoms with Gasteiger partial charge in [-0.2, -0.15) is 0 Å². The van der Waals surface area contributed by atoms with Gasteiger partial charge in [0.1, 0.15) is 0 Å². The van der Waals surface area contributed by atoms with Crippen LogP contribution < -0.4 is 5.32 Å². The zero-order valence-electron chi connectivity index (χ0n) is 10.2. The number of rotatable bonds is 7. The minimum atomic E-state index is 0.118. The van der Waals surface area contributed by atoms with Crippen LogP contribution in [0.2, 0.25) is 0 Å². The van der Waals surface area contributed by atoms with Crippen molar-refractivity contribution in [2.75, 3.05) is 12.8 Å². The van der Waals surface area contributed by atoms with E-state index in [4.69, 9.17) is 1.37 Å². The topological polar surface area (TPSA) is 29.1 Å². The molecular weight excluding hydrogens is 214 g/mol. The summed E-state index contributed by atoms with van der Waals surface area (Å²) < 4.78 is 7.18. The van der Waals surface area contributed by atoms with Gasteiger partial charge in [0.05, 0.1) is 0 Å². The highest BCUT2D eigenvalue weighted by Gasteiger charge is 2.06. The van der Waals surface area contributed by atoms with Crippen molar-refractivity contribution in [1.29, 1.82) is 0 Å². The van der Waals surface area contributed by atoms with Crippen LogP contribution in [0.3, 0.4) is 0 Å². The average Bonchev–Trinajstić information content (AvgIpc) is 2.25. The first-order valence-electron chi connectivity index (χ1n) is 5.59. The highest BCUT2D eigenvalue weighted by molar-refractivity contribution is 8.76. The smallest absolute Gasteiger partial charge is 0.219 e. The molecular formula is C10H21NOS2. The van der Waals surface area contributed by atoms with Gasteiger partial charge in [-0.25, -0.2) is 0 Å². The van der Waals surface area contributed by atoms with Gasteiger partial charge in [-0.1, -0.05) is 42.3 Å². The largest absolute Gasteiger partial charge is 0.359 e. The van der Waals surface area contributed by atoms with Crippen LogP contribution in [-0.4, -0.2) is 24.0 Å². The lowest BCUT2D eigenvalue weighted by molar-refractivity contribution is -0.120. The molecule has 0 radical (unpaired) electrons. The van der Waals surface area contributed by atoms with Crippen LogP contribution in [-0.2, 0) is 4.79 Å². The van der Waals surface area contributed by atoms with Crippen LogP contribution in [0.15, 0.2) is 0 Å². The molecule has 14 heavy (non-hydrogen) atoms. The molecule has 2 unspecified atom stereocenters. The average molecular weight is 236 g/mol. The van der Waals surface area contributed by atoms with E-state index in [1.54, 1.807) is 7.05 Å². The molecule has 4 heteroatoms. The normalized spacial score (nSPS) is 15.8. The molecule has 2 atom stereocenters. The molecule has 1 N–H and O–H groups in total. The molecule has 1 amide bonds. The van der Waals surface area contributed by atoms with Gasteiger partial charge in [-0.3, -0.25) is 4.79 Å². The predicted octanol–water partition coefficient (Wildman–Crippen LogP) is 2.94. The van der Waals surface area contributed by atoms with E-state index in [0.29, 0.717) is 24.5 Å². The molecule has 0 heterocycles. The molecule has 0 aliphatic carbocycles. The van der Waals surface area contributed by atoms with E-state index in [2.05, 4.69) is 19.2 Å². The lowest BCUT2D eigenvalue weighted by Crippen LogP contribution is -2.18. The van der Waals surface area contributed by atoms with Gasteiger partial charge in [0.15, 0.2) is 0 Å². The van der Waals surface area contributed by atoms with Gasteiger partial charge < -0.3 is 5.32 Å². The lowest BCUT2D eigenvalue weighted by atomic mass is 10.2. The summed E-state index contributed by atoms with van der Waals surface area (Å²) in [7, 11) is 5.32. The summed E-state index contributed by atoms with van der Waals surface area (Å²) in [5.74, 6) is 1.61. The molecule has 0 aromatic rings. The van der Waals surface area contributed by atoms with Crippen LogP contribution in [0.4, 0.5) is 0 Å². The molecule has 0 aliphatic rings. The van der Waals surface area contributed by atoms with Crippen LogP contribution in [0.25, 0.3) is 0 Å². The number of carbonyl (C=O) groups excluding carboxylic acids is 1. The van der Waals surface area contributed by atoms with Crippen molar-refractivity contribution >= 4 is 27.5 Å². The third-order valence-corrected chi connectivity index (χ3v) is 4.85. The fourth-order valence-corrected chi connectivity index (χ4v) is 3.45. The Morgan fingerprint density at radius 2 is 2.29 bits per heavy atom. The molecule has 0 bridgehead atoms. The van der Waals surface area contributed by atoms with Crippen molar-refractivity contribution in [3.63, 3.8) is 0 Å². The van der Waals surface area contributed by atoms with Crippen molar-refractivity contribution in [3.05, 3.63) is 0 Å². The van der Waals surface area contributed by atoms with Gasteiger partial charge in [0.2, 0.25) is 5.91 Å². The molecule has 0 saturated carbocycles. The van der Waals surface area contributed by atoms with Gasteiger partial charge in [0, 0.05) is 25.8 Å². The molecule has 2 nitrogen and oxygen atoms in total. The SMILES string of the molecule is [2H]CC(C)CSSC(C)CCC(=O)NC. The van der Waals surface area contributed by atoms with E-state index in [1.165, 1.54) is 0 Å². The van der Waals surface area contributed by atoms with Gasteiger partial charge in [-0.05, 0) is 12.3 Å². The maximum atomic E-state index is 11.0. The molecule has 0 rings (SSSR count). The highest BCUT2D eigenvalue weighted by atomic mass is 33.1. The second-order valence-corrected chi connectivity index (χ2v) is 6.36. The second kappa shape index (κ2) is 8.48. The molecule has 0 spiro atoms. The molecule has 0 aromatic heterocycles. The summed E-state index contributed by atoms with van der Waals surface area (Å²) in [6.07, 6.45) is 1.53. The zero-order chi connectivity index (χ0) is 11.7. The molecule has 0 saturated heterocycles. The van der Waals surface area contributed by atoms with Crippen molar-refractivity contribution in [2.45, 2.75) is 38.8 Å². The Labute approximate surface area is 96.8 Å². The molecule has 0 aliphatic heterocycles. The first kappa shape index (κ1) is 12.2. The monoisotopic (exact) mass is 236 g/mol. The summed E-state index contributed by atoms with van der Waals surface area (Å²) in [4.78, 5) is 11.0. The Morgan fingerprint density at radius 1 is 1.57 bits per heavy atom. The van der Waals surface area contributed by atoms with E-state index in [1.807, 2.05) is 21.6 Å². The van der Waals surface area contributed by atoms with Crippen molar-refractivity contribution in [3.8, 4) is 0 Å². The quantitative estimate of drug-likeness (QED) is 0.689. The van der Waals surface area contributed by atoms with Gasteiger partial charge in [0.25, 0.3) is 0 Å². The summed E-state index contributed by atoms with van der Waals surface area (Å²) in [5, 5.41) is 3.13. The van der Waals surface area contributed by atoms with Crippen LogP contribution in [0.1, 0.15) is 35.0 Å². The van der Waals surface area contributed by atoms with E-state index in [0.717, 1.165) is 12.2 Å². The van der Waals surface area contributed by atoms with Crippen LogP contribution in [0.5, 0.6) is 0 Å². The summed E-state index contributed by atoms with van der Waals surface area (Å²) in [5.41, 5.74) is 0. The predicted molar refractivity (Wildman–Crippen MR) is 67.6 cm³/mol. The van der Waals surface area contributed by atoms with Gasteiger partial charge in [-0.15, -0.1) is 0 Å². The lowest BCUT2D eigenvalue weighted by Gasteiger charge is -2.10. The summed E-state index contributed by atoms with van der Waals surface area (Å²) in [6, 6.07) is 0. The van der Waals surface area contributed by atoms with Crippen molar-refractivity contribution in [1.82, 2.24) is 5.32 Å². The zero-order valence-corrected chi connectivity index (χ0v) is 10.8. The summed E-state index contributed by atoms with van der Waals surface area (Å²) >= 11 is 0. The molecule has 0 aromatic carbocycles. The van der Waals surface area contributed by atoms with E-state index >= 15 is 0 Å². The Bertz CT molecular complexity index is 181. The van der Waals surface area contributed by atoms with Crippen LogP contribution >= 0.6 is 21.6 Å². The summed E-state index contributed by atoms with van der Waals surface area (Å²) in [6.45, 7) is 4.74. The van der Waals surface area contributed by atoms with E-state index < -0.39 is 0 Å². The molecule has 0 fully saturated rings. The minimum absolute atomic E-state index is 0.118. The Hall–Kier alpha value is 0.170. The second-order valence-electron chi connectivity index (χ2n) is 3.51. The molecule has 84 valence electrons. The number of carbonyl (C=O) groups is 1. The number of hydrogen-bond donors (Lipinski definition) is 1. The first-order valence-corrected chi connectivity index (χ1v) is 7.26. The standard InChI is InChI=1S/C10H21NOS2/c1-8(2)7-13-14-9(3)5-6-10(12)11-4/h8-9H,5-7H2,1-4H3,(H,11,12)/i1D. The van der Waals surface area contributed by atoms with Crippen LogP contribution in [0, 0.1) is 5.92 Å². The van der Waals surface area contributed by atoms with E-state index in [-0.39, 0.29) is 5.91 Å². The minimum Gasteiger partial charge on any atom is -0.359 e. The third kappa shape index (κ3) is 8.75. The Balaban J connectivity index is 3.41. The fourth-order valence-electron chi connectivity index (χ4n) is 0.779. The Morgan fingerprint density at radius 3 is 2.86 bits per heavy atom. The number of nitrogens with one attached hydrogen (secondary N) is 1. The first-order chi connectivity index (χ1) is 7.10. The maximum Gasteiger partial charge on any atom is 0.219 e. The highest BCUT2D eigenvalue weighted by Crippen LogP contribution is 2.30. The van der Waals surface area contributed by atoms with Gasteiger partial charge >= 0.3 is 0 Å². The maximum absolute atomic E-state index is 11.0. The number of hydrogen-bond acceptors (Lipinski definition) is 3. The fraction of sp³-hybridized carbons (Fsp3) is 0.900. The van der Waals surface area contributed by atoms with Crippen molar-refractivity contribution < 1.29 is 6.17 Å². The Kier molecular flexibility index (Phi) is 7.41. The third-order valence-electron chi connectivity index (χ3n) is 1.64. The number of amides is 1. The van der Waals surface area contributed by atoms with E-state index in [9.17, 15) is 4.79 Å².